The van der Waals surface area contributed by atoms with E-state index in [0.717, 1.165) is 39.1 Å². The van der Waals surface area contributed by atoms with Crippen molar-refractivity contribution in [3.63, 3.8) is 0 Å². The van der Waals surface area contributed by atoms with Crippen molar-refractivity contribution in [1.29, 1.82) is 0 Å². The molecule has 0 aliphatic carbocycles. The van der Waals surface area contributed by atoms with E-state index in [1.807, 2.05) is 48.5 Å². The van der Waals surface area contributed by atoms with E-state index in [4.69, 9.17) is 15.7 Å². The molecule has 7 aromatic carbocycles. The first-order valence-corrected chi connectivity index (χ1v) is 16.8. The number of hydrogen-bond acceptors (Lipinski definition) is 1. The van der Waals surface area contributed by atoms with Crippen LogP contribution in [0.1, 0.15) is 16.7 Å². The molecule has 2 heterocycles. The molecule has 5 heteroatoms. The number of rotatable bonds is 6. The average molecular weight is 644 g/mol. The Bertz CT molecular complexity index is 2660. The van der Waals surface area contributed by atoms with Crippen molar-refractivity contribution in [3.8, 4) is 11.4 Å². The fourth-order valence-electron chi connectivity index (χ4n) is 7.07. The Balaban J connectivity index is 1.15. The van der Waals surface area contributed by atoms with E-state index in [1.54, 1.807) is 0 Å². The molecular formula is C45H33N5. The second kappa shape index (κ2) is 12.4. The molecule has 0 saturated carbocycles. The number of nitrogens with zero attached hydrogens (tertiary/aromatic N) is 4. The van der Waals surface area contributed by atoms with Gasteiger partial charge in [0.2, 0.25) is 0 Å². The standard InChI is InChI=1S/C45H33N5/c46-44(32-15-5-2-6-16-32)48-45(47-30-31-13-3-1-4-14-31)33-23-25-34(26-24-33)49-42-22-12-9-19-38(42)39-29-35(27-28-43(39)49)50-40-20-10-7-17-36(40)37-18-8-11-21-41(37)50/h1-29H,30H2,(H2,46,47,48). The van der Waals surface area contributed by atoms with Gasteiger partial charge in [0.05, 0.1) is 28.6 Å². The average Bonchev–Trinajstić information content (AvgIpc) is 3.70. The molecule has 2 aromatic heterocycles. The van der Waals surface area contributed by atoms with Gasteiger partial charge >= 0.3 is 0 Å². The van der Waals surface area contributed by atoms with Gasteiger partial charge in [-0.25, -0.2) is 4.99 Å². The summed E-state index contributed by atoms with van der Waals surface area (Å²) in [5.74, 6) is 1.03. The maximum Gasteiger partial charge on any atom is 0.157 e. The van der Waals surface area contributed by atoms with Gasteiger partial charge in [-0.2, -0.15) is 0 Å². The summed E-state index contributed by atoms with van der Waals surface area (Å²) in [6.07, 6.45) is 0. The van der Waals surface area contributed by atoms with Gasteiger partial charge in [-0.3, -0.25) is 4.99 Å². The van der Waals surface area contributed by atoms with Gasteiger partial charge < -0.3 is 14.9 Å². The van der Waals surface area contributed by atoms with Crippen LogP contribution in [0.5, 0.6) is 0 Å². The van der Waals surface area contributed by atoms with Crippen LogP contribution >= 0.6 is 0 Å². The summed E-state index contributed by atoms with van der Waals surface area (Å²) in [5.41, 5.74) is 16.3. The van der Waals surface area contributed by atoms with Crippen molar-refractivity contribution >= 4 is 55.3 Å². The van der Waals surface area contributed by atoms with Crippen molar-refractivity contribution < 1.29 is 0 Å². The van der Waals surface area contributed by atoms with Crippen LogP contribution < -0.4 is 5.73 Å². The molecule has 5 nitrogen and oxygen atoms in total. The molecule has 0 bridgehead atoms. The summed E-state index contributed by atoms with van der Waals surface area (Å²) < 4.78 is 4.72. The number of nitrogens with two attached hydrogens (primary N) is 1. The maximum atomic E-state index is 6.51. The molecule has 0 unspecified atom stereocenters. The second-order valence-electron chi connectivity index (χ2n) is 12.5. The molecule has 0 spiro atoms. The monoisotopic (exact) mass is 643 g/mol. The number of aliphatic imine (C=N–C) groups is 2. The first-order chi connectivity index (χ1) is 24.7. The van der Waals surface area contributed by atoms with E-state index in [1.165, 1.54) is 32.6 Å². The molecule has 0 aliphatic heterocycles. The van der Waals surface area contributed by atoms with E-state index in [0.29, 0.717) is 18.2 Å². The third kappa shape index (κ3) is 5.13. The molecule has 0 fully saturated rings. The summed E-state index contributed by atoms with van der Waals surface area (Å²) in [7, 11) is 0. The number of benzene rings is 7. The van der Waals surface area contributed by atoms with Crippen LogP contribution in [-0.4, -0.2) is 20.8 Å². The van der Waals surface area contributed by atoms with Crippen molar-refractivity contribution in [3.05, 3.63) is 193 Å². The van der Waals surface area contributed by atoms with Crippen LogP contribution in [0, 0.1) is 0 Å². The van der Waals surface area contributed by atoms with Gasteiger partial charge in [0, 0.05) is 44.0 Å². The lowest BCUT2D eigenvalue weighted by molar-refractivity contribution is 1.06. The SMILES string of the molecule is N/C(=N\C(=N/Cc1ccccc1)c1ccc(-n2c3ccccc3c3cc(-n4c5ccccc5c5ccccc54)ccc32)cc1)c1ccccc1. The second-order valence-corrected chi connectivity index (χ2v) is 12.5. The van der Waals surface area contributed by atoms with Crippen LogP contribution in [0.15, 0.2) is 186 Å². The number of aromatic nitrogens is 2. The lowest BCUT2D eigenvalue weighted by Gasteiger charge is -2.11. The van der Waals surface area contributed by atoms with Gasteiger partial charge in [-0.05, 0) is 66.2 Å². The minimum absolute atomic E-state index is 0.433. The fourth-order valence-corrected chi connectivity index (χ4v) is 7.07. The summed E-state index contributed by atoms with van der Waals surface area (Å²) in [5, 5.41) is 4.92. The van der Waals surface area contributed by atoms with Crippen LogP contribution in [0.4, 0.5) is 0 Å². The number of para-hydroxylation sites is 3. The molecule has 9 aromatic rings. The van der Waals surface area contributed by atoms with Crippen LogP contribution in [0.3, 0.4) is 0 Å². The Morgan fingerprint density at radius 3 is 1.54 bits per heavy atom. The Hall–Kier alpha value is -6.72. The molecule has 238 valence electrons. The molecule has 0 atom stereocenters. The Morgan fingerprint density at radius 2 is 0.920 bits per heavy atom. The summed E-state index contributed by atoms with van der Waals surface area (Å²) in [6, 6.07) is 61.3. The number of hydrogen-bond donors (Lipinski definition) is 1. The molecule has 0 saturated heterocycles. The normalized spacial score (nSPS) is 12.4. The van der Waals surface area contributed by atoms with E-state index in [-0.39, 0.29) is 0 Å². The first-order valence-electron chi connectivity index (χ1n) is 16.8. The van der Waals surface area contributed by atoms with Gasteiger partial charge in [0.1, 0.15) is 5.84 Å². The van der Waals surface area contributed by atoms with Gasteiger partial charge in [0.25, 0.3) is 0 Å². The highest BCUT2D eigenvalue weighted by atomic mass is 15.0. The largest absolute Gasteiger partial charge is 0.383 e. The van der Waals surface area contributed by atoms with Crippen molar-refractivity contribution in [2.75, 3.05) is 0 Å². The van der Waals surface area contributed by atoms with E-state index in [2.05, 4.69) is 137 Å². The summed E-state index contributed by atoms with van der Waals surface area (Å²) >= 11 is 0. The first kappa shape index (κ1) is 29.4. The highest BCUT2D eigenvalue weighted by Gasteiger charge is 2.16. The van der Waals surface area contributed by atoms with Gasteiger partial charge in [-0.1, -0.05) is 115 Å². The number of fused-ring (bicyclic) bond motifs is 6. The van der Waals surface area contributed by atoms with Crippen molar-refractivity contribution in [1.82, 2.24) is 9.13 Å². The van der Waals surface area contributed by atoms with Crippen LogP contribution in [-0.2, 0) is 6.54 Å². The van der Waals surface area contributed by atoms with Gasteiger partial charge in [0.15, 0.2) is 5.84 Å². The zero-order valence-electron chi connectivity index (χ0n) is 27.3. The van der Waals surface area contributed by atoms with Crippen LogP contribution in [0.25, 0.3) is 55.0 Å². The molecule has 0 amide bonds. The van der Waals surface area contributed by atoms with Crippen molar-refractivity contribution in [2.24, 2.45) is 15.7 Å². The minimum atomic E-state index is 0.433. The fraction of sp³-hybridized carbons (Fsp3) is 0.0222. The maximum absolute atomic E-state index is 6.51. The Morgan fingerprint density at radius 1 is 0.440 bits per heavy atom. The van der Waals surface area contributed by atoms with Crippen molar-refractivity contribution in [2.45, 2.75) is 6.54 Å². The minimum Gasteiger partial charge on any atom is -0.383 e. The van der Waals surface area contributed by atoms with E-state index >= 15 is 0 Å². The quantitative estimate of drug-likeness (QED) is 0.142. The zero-order chi connectivity index (χ0) is 33.4. The predicted octanol–water partition coefficient (Wildman–Crippen LogP) is 10.2. The molecule has 50 heavy (non-hydrogen) atoms. The lowest BCUT2D eigenvalue weighted by atomic mass is 10.1. The summed E-state index contributed by atoms with van der Waals surface area (Å²) in [6.45, 7) is 0.505. The van der Waals surface area contributed by atoms with Gasteiger partial charge in [-0.15, -0.1) is 0 Å². The highest BCUT2D eigenvalue weighted by molar-refractivity contribution is 6.13. The molecule has 2 N–H and O–H groups in total. The summed E-state index contributed by atoms with van der Waals surface area (Å²) in [4.78, 5) is 9.78. The molecular weight excluding hydrogens is 611 g/mol. The third-order valence-corrected chi connectivity index (χ3v) is 9.43. The van der Waals surface area contributed by atoms with Crippen LogP contribution in [0.2, 0.25) is 0 Å². The molecule has 9 rings (SSSR count). The zero-order valence-corrected chi connectivity index (χ0v) is 27.3. The molecule has 0 aliphatic rings. The lowest BCUT2D eigenvalue weighted by Crippen LogP contribution is -2.16. The van der Waals surface area contributed by atoms with E-state index in [9.17, 15) is 0 Å². The topological polar surface area (TPSA) is 60.6 Å². The smallest absolute Gasteiger partial charge is 0.157 e. The van der Waals surface area contributed by atoms with E-state index < -0.39 is 0 Å². The third-order valence-electron chi connectivity index (χ3n) is 9.43. The Labute approximate surface area is 289 Å². The highest BCUT2D eigenvalue weighted by Crippen LogP contribution is 2.36. The molecule has 0 radical (unpaired) electrons. The predicted molar refractivity (Wildman–Crippen MR) is 209 cm³/mol. The number of amidine groups is 2. The Kier molecular flexibility index (Phi) is 7.29.